The number of carbonyl (C=O) groups is 1. The lowest BCUT2D eigenvalue weighted by atomic mass is 10.3. The zero-order valence-electron chi connectivity index (χ0n) is 10.7. The Morgan fingerprint density at radius 2 is 2.21 bits per heavy atom. The fraction of sp³-hybridized carbons (Fsp3) is 0.545. The predicted octanol–water partition coefficient (Wildman–Crippen LogP) is 2.34. The molecular weight excluding hydrogens is 310 g/mol. The molecule has 0 radical (unpaired) electrons. The van der Waals surface area contributed by atoms with E-state index in [0.29, 0.717) is 4.34 Å². The molecule has 0 aliphatic carbocycles. The number of esters is 1. The van der Waals surface area contributed by atoms with Gasteiger partial charge in [0.05, 0.1) is 23.2 Å². The molecule has 1 heterocycles. The van der Waals surface area contributed by atoms with Gasteiger partial charge in [-0.1, -0.05) is 11.6 Å². The summed E-state index contributed by atoms with van der Waals surface area (Å²) in [5.74, 6) is -0.515. The summed E-state index contributed by atoms with van der Waals surface area (Å²) in [4.78, 5) is 11.7. The van der Waals surface area contributed by atoms with E-state index in [4.69, 9.17) is 11.6 Å². The highest BCUT2D eigenvalue weighted by Crippen LogP contribution is 2.27. The average molecular weight is 326 g/mol. The van der Waals surface area contributed by atoms with E-state index in [1.165, 1.54) is 18.4 Å². The first-order valence-electron chi connectivity index (χ1n) is 5.66. The third-order valence-electron chi connectivity index (χ3n) is 2.40. The van der Waals surface area contributed by atoms with Crippen LogP contribution >= 0.6 is 22.9 Å². The third-order valence-corrected chi connectivity index (χ3v) is 5.35. The van der Waals surface area contributed by atoms with Gasteiger partial charge in [0.25, 0.3) is 0 Å². The van der Waals surface area contributed by atoms with Crippen molar-refractivity contribution in [1.82, 2.24) is 4.72 Å². The molecule has 108 valence electrons. The van der Waals surface area contributed by atoms with E-state index in [1.807, 2.05) is 0 Å². The Balaban J connectivity index is 2.48. The highest BCUT2D eigenvalue weighted by molar-refractivity contribution is 7.89. The first-order valence-corrected chi connectivity index (χ1v) is 8.51. The van der Waals surface area contributed by atoms with Crippen molar-refractivity contribution in [3.05, 3.63) is 21.3 Å². The zero-order chi connectivity index (χ0) is 14.5. The maximum atomic E-state index is 11.8. The summed E-state index contributed by atoms with van der Waals surface area (Å²) in [5, 5.41) is 0. The number of hydrogen-bond acceptors (Lipinski definition) is 5. The number of rotatable bonds is 7. The lowest BCUT2D eigenvalue weighted by Crippen LogP contribution is -2.29. The normalized spacial score (nSPS) is 13.2. The van der Waals surface area contributed by atoms with Gasteiger partial charge >= 0.3 is 5.97 Å². The number of ether oxygens (including phenoxy) is 1. The van der Waals surface area contributed by atoms with E-state index in [9.17, 15) is 13.2 Å². The van der Waals surface area contributed by atoms with Gasteiger partial charge in [-0.25, -0.2) is 13.1 Å². The molecule has 0 aliphatic rings. The van der Waals surface area contributed by atoms with Crippen LogP contribution in [0.1, 0.15) is 30.7 Å². The SMILES string of the molecule is COC(=O)CCCS(=O)(=O)NC(C)c1ccc(Cl)s1. The van der Waals surface area contributed by atoms with Crippen LogP contribution in [0.2, 0.25) is 4.34 Å². The Morgan fingerprint density at radius 1 is 1.53 bits per heavy atom. The summed E-state index contributed by atoms with van der Waals surface area (Å²) in [6.45, 7) is 1.75. The van der Waals surface area contributed by atoms with Gasteiger partial charge in [0.15, 0.2) is 0 Å². The minimum absolute atomic E-state index is 0.0939. The van der Waals surface area contributed by atoms with Crippen molar-refractivity contribution in [3.8, 4) is 0 Å². The summed E-state index contributed by atoms with van der Waals surface area (Å²) >= 11 is 7.13. The topological polar surface area (TPSA) is 72.5 Å². The second-order valence-corrected chi connectivity index (χ2v) is 7.60. The number of thiophene rings is 1. The second kappa shape index (κ2) is 7.23. The quantitative estimate of drug-likeness (QED) is 0.781. The summed E-state index contributed by atoms with van der Waals surface area (Å²) in [6, 6.07) is 3.18. The van der Waals surface area contributed by atoms with E-state index in [2.05, 4.69) is 9.46 Å². The van der Waals surface area contributed by atoms with Gasteiger partial charge in [-0.15, -0.1) is 11.3 Å². The van der Waals surface area contributed by atoms with Crippen LogP contribution in [0.3, 0.4) is 0 Å². The molecule has 1 N–H and O–H groups in total. The number of nitrogens with one attached hydrogen (secondary N) is 1. The smallest absolute Gasteiger partial charge is 0.305 e. The fourth-order valence-electron chi connectivity index (χ4n) is 1.46. The minimum Gasteiger partial charge on any atom is -0.469 e. The molecular formula is C11H16ClNO4S2. The molecule has 1 rings (SSSR count). The Morgan fingerprint density at radius 3 is 2.74 bits per heavy atom. The van der Waals surface area contributed by atoms with Crippen molar-refractivity contribution in [2.75, 3.05) is 12.9 Å². The van der Waals surface area contributed by atoms with Crippen LogP contribution in [-0.2, 0) is 19.6 Å². The second-order valence-electron chi connectivity index (χ2n) is 3.98. The van der Waals surface area contributed by atoms with Crippen LogP contribution < -0.4 is 4.72 Å². The number of hydrogen-bond donors (Lipinski definition) is 1. The van der Waals surface area contributed by atoms with E-state index in [0.717, 1.165) is 4.88 Å². The number of methoxy groups -OCH3 is 1. The predicted molar refractivity (Wildman–Crippen MR) is 75.9 cm³/mol. The van der Waals surface area contributed by atoms with Crippen molar-refractivity contribution in [2.45, 2.75) is 25.8 Å². The molecule has 1 aromatic heterocycles. The third kappa shape index (κ3) is 5.90. The van der Waals surface area contributed by atoms with Crippen molar-refractivity contribution in [3.63, 3.8) is 0 Å². The van der Waals surface area contributed by atoms with E-state index in [-0.39, 0.29) is 24.6 Å². The number of halogens is 1. The molecule has 0 fully saturated rings. The Bertz CT molecular complexity index is 527. The maximum absolute atomic E-state index is 11.8. The Kier molecular flexibility index (Phi) is 6.25. The highest BCUT2D eigenvalue weighted by atomic mass is 35.5. The van der Waals surface area contributed by atoms with Crippen molar-refractivity contribution in [1.29, 1.82) is 0 Å². The first kappa shape index (κ1) is 16.4. The molecule has 1 aromatic rings. The number of carbonyl (C=O) groups excluding carboxylic acids is 1. The standard InChI is InChI=1S/C11H16ClNO4S2/c1-8(9-5-6-10(12)18-9)13-19(15,16)7-3-4-11(14)17-2/h5-6,8,13H,3-4,7H2,1-2H3. The summed E-state index contributed by atoms with van der Waals surface area (Å²) in [6.07, 6.45) is 0.330. The first-order chi connectivity index (χ1) is 8.84. The molecule has 0 aromatic carbocycles. The van der Waals surface area contributed by atoms with Gasteiger partial charge in [-0.3, -0.25) is 4.79 Å². The lowest BCUT2D eigenvalue weighted by Gasteiger charge is -2.12. The van der Waals surface area contributed by atoms with Crippen LogP contribution in [0.25, 0.3) is 0 Å². The summed E-state index contributed by atoms with van der Waals surface area (Å²) in [7, 11) is -2.14. The lowest BCUT2D eigenvalue weighted by molar-refractivity contribution is -0.140. The van der Waals surface area contributed by atoms with Gasteiger partial charge < -0.3 is 4.74 Å². The van der Waals surface area contributed by atoms with Crippen molar-refractivity contribution < 1.29 is 17.9 Å². The molecule has 0 spiro atoms. The summed E-state index contributed by atoms with van der Waals surface area (Å²) < 4.78 is 31.2. The fourth-order valence-corrected chi connectivity index (χ4v) is 3.90. The minimum atomic E-state index is -3.42. The van der Waals surface area contributed by atoms with Crippen LogP contribution in [0.4, 0.5) is 0 Å². The van der Waals surface area contributed by atoms with Crippen molar-refractivity contribution in [2.24, 2.45) is 0 Å². The van der Waals surface area contributed by atoms with E-state index < -0.39 is 16.0 Å². The zero-order valence-corrected chi connectivity index (χ0v) is 13.1. The molecule has 0 amide bonds. The van der Waals surface area contributed by atoms with E-state index >= 15 is 0 Å². The molecule has 1 atom stereocenters. The monoisotopic (exact) mass is 325 g/mol. The molecule has 8 heteroatoms. The van der Waals surface area contributed by atoms with Gasteiger partial charge in [-0.05, 0) is 25.5 Å². The van der Waals surface area contributed by atoms with Crippen LogP contribution in [0.5, 0.6) is 0 Å². The van der Waals surface area contributed by atoms with Gasteiger partial charge in [0.1, 0.15) is 0 Å². The molecule has 1 unspecified atom stereocenters. The van der Waals surface area contributed by atoms with Crippen LogP contribution in [0, 0.1) is 0 Å². The molecule has 0 bridgehead atoms. The highest BCUT2D eigenvalue weighted by Gasteiger charge is 2.17. The molecule has 0 saturated heterocycles. The molecule has 0 saturated carbocycles. The molecule has 0 aliphatic heterocycles. The molecule has 5 nitrogen and oxygen atoms in total. The van der Waals surface area contributed by atoms with E-state index in [1.54, 1.807) is 19.1 Å². The maximum Gasteiger partial charge on any atom is 0.305 e. The molecule has 19 heavy (non-hydrogen) atoms. The Labute approximate surface area is 122 Å². The largest absolute Gasteiger partial charge is 0.469 e. The average Bonchev–Trinajstić information content (AvgIpc) is 2.75. The Hall–Kier alpha value is -0.630. The van der Waals surface area contributed by atoms with Gasteiger partial charge in [0, 0.05) is 11.3 Å². The van der Waals surface area contributed by atoms with Crippen LogP contribution in [-0.4, -0.2) is 27.2 Å². The number of sulfonamides is 1. The summed E-state index contributed by atoms with van der Waals surface area (Å²) in [5.41, 5.74) is 0. The van der Waals surface area contributed by atoms with Gasteiger partial charge in [0.2, 0.25) is 10.0 Å². The van der Waals surface area contributed by atoms with Gasteiger partial charge in [-0.2, -0.15) is 0 Å². The van der Waals surface area contributed by atoms with Crippen molar-refractivity contribution >= 4 is 38.9 Å². The van der Waals surface area contributed by atoms with Crippen LogP contribution in [0.15, 0.2) is 12.1 Å².